The van der Waals surface area contributed by atoms with Crippen molar-refractivity contribution in [2.75, 3.05) is 52.5 Å². The van der Waals surface area contributed by atoms with Crippen LogP contribution in [0.1, 0.15) is 26.7 Å². The van der Waals surface area contributed by atoms with Crippen LogP contribution in [0.25, 0.3) is 0 Å². The van der Waals surface area contributed by atoms with Crippen LogP contribution in [0.2, 0.25) is 0 Å². The molecule has 2 N–H and O–H groups in total. The molecule has 1 amide bonds. The van der Waals surface area contributed by atoms with E-state index in [0.717, 1.165) is 52.2 Å². The Bertz CT molecular complexity index is 324. The Kier molecular flexibility index (Phi) is 6.41. The molecule has 6 heteroatoms. The zero-order chi connectivity index (χ0) is 15.1. The molecule has 0 radical (unpaired) electrons. The highest BCUT2D eigenvalue weighted by molar-refractivity contribution is 5.77. The van der Waals surface area contributed by atoms with Gasteiger partial charge in [0.05, 0.1) is 19.3 Å². The minimum atomic E-state index is -0.0474. The lowest BCUT2D eigenvalue weighted by Gasteiger charge is -2.40. The van der Waals surface area contributed by atoms with Crippen molar-refractivity contribution in [1.29, 1.82) is 0 Å². The first-order valence-electron chi connectivity index (χ1n) is 8.00. The highest BCUT2D eigenvalue weighted by Crippen LogP contribution is 2.15. The second-order valence-corrected chi connectivity index (χ2v) is 6.45. The van der Waals surface area contributed by atoms with Gasteiger partial charge in [0.15, 0.2) is 0 Å². The van der Waals surface area contributed by atoms with Gasteiger partial charge in [-0.15, -0.1) is 0 Å². The summed E-state index contributed by atoms with van der Waals surface area (Å²) in [5.41, 5.74) is -0.0474. The predicted molar refractivity (Wildman–Crippen MR) is 81.3 cm³/mol. The van der Waals surface area contributed by atoms with Crippen LogP contribution in [0.15, 0.2) is 0 Å². The summed E-state index contributed by atoms with van der Waals surface area (Å²) in [6.07, 6.45) is 2.21. The molecule has 0 saturated carbocycles. The third kappa shape index (κ3) is 5.54. The number of nitrogens with one attached hydrogen (secondary N) is 2. The first kappa shape index (κ1) is 16.7. The van der Waals surface area contributed by atoms with Crippen molar-refractivity contribution in [2.45, 2.75) is 38.3 Å². The van der Waals surface area contributed by atoms with Gasteiger partial charge in [0.25, 0.3) is 0 Å². The summed E-state index contributed by atoms with van der Waals surface area (Å²) in [7, 11) is 0. The van der Waals surface area contributed by atoms with E-state index in [1.54, 1.807) is 0 Å². The largest absolute Gasteiger partial charge is 0.379 e. The number of morpholine rings is 1. The van der Waals surface area contributed by atoms with Crippen molar-refractivity contribution < 1.29 is 14.3 Å². The Morgan fingerprint density at radius 2 is 2.00 bits per heavy atom. The van der Waals surface area contributed by atoms with Gasteiger partial charge in [-0.3, -0.25) is 9.69 Å². The molecule has 0 bridgehead atoms. The average Bonchev–Trinajstić information content (AvgIpc) is 2.53. The summed E-state index contributed by atoms with van der Waals surface area (Å²) < 4.78 is 11.0. The molecule has 2 aliphatic heterocycles. The SMILES string of the molecule is CC(C)(CNC(=O)COC1CCNCC1)N1CCOCC1. The maximum absolute atomic E-state index is 11.9. The predicted octanol–water partition coefficient (Wildman–Crippen LogP) is -0.0180. The van der Waals surface area contributed by atoms with E-state index in [9.17, 15) is 4.79 Å². The molecule has 0 atom stereocenters. The molecule has 0 aromatic rings. The highest BCUT2D eigenvalue weighted by Gasteiger charge is 2.28. The third-order valence-corrected chi connectivity index (χ3v) is 4.32. The average molecular weight is 299 g/mol. The number of amides is 1. The number of ether oxygens (including phenoxy) is 2. The summed E-state index contributed by atoms with van der Waals surface area (Å²) in [5, 5.41) is 6.29. The molecule has 2 rings (SSSR count). The van der Waals surface area contributed by atoms with E-state index < -0.39 is 0 Å². The summed E-state index contributed by atoms with van der Waals surface area (Å²) in [5.74, 6) is -0.0186. The lowest BCUT2D eigenvalue weighted by atomic mass is 10.0. The Morgan fingerprint density at radius 3 is 2.67 bits per heavy atom. The normalized spacial score (nSPS) is 22.2. The first-order chi connectivity index (χ1) is 10.1. The van der Waals surface area contributed by atoms with E-state index in [1.165, 1.54) is 0 Å². The van der Waals surface area contributed by atoms with Crippen LogP contribution in [0.4, 0.5) is 0 Å². The minimum Gasteiger partial charge on any atom is -0.379 e. The van der Waals surface area contributed by atoms with Gasteiger partial charge in [0.2, 0.25) is 5.91 Å². The number of carbonyl (C=O) groups excluding carboxylic acids is 1. The highest BCUT2D eigenvalue weighted by atomic mass is 16.5. The van der Waals surface area contributed by atoms with Crippen LogP contribution < -0.4 is 10.6 Å². The van der Waals surface area contributed by atoms with Crippen molar-refractivity contribution in [3.05, 3.63) is 0 Å². The molecule has 6 nitrogen and oxygen atoms in total. The zero-order valence-electron chi connectivity index (χ0n) is 13.3. The van der Waals surface area contributed by atoms with Gasteiger partial charge >= 0.3 is 0 Å². The van der Waals surface area contributed by atoms with Crippen molar-refractivity contribution in [3.63, 3.8) is 0 Å². The molecule has 21 heavy (non-hydrogen) atoms. The molecule has 122 valence electrons. The third-order valence-electron chi connectivity index (χ3n) is 4.32. The van der Waals surface area contributed by atoms with E-state index in [-0.39, 0.29) is 24.2 Å². The smallest absolute Gasteiger partial charge is 0.246 e. The minimum absolute atomic E-state index is 0.0186. The summed E-state index contributed by atoms with van der Waals surface area (Å²) >= 11 is 0. The van der Waals surface area contributed by atoms with Crippen LogP contribution in [0, 0.1) is 0 Å². The lowest BCUT2D eigenvalue weighted by Crippen LogP contribution is -2.55. The van der Waals surface area contributed by atoms with E-state index in [1.807, 2.05) is 0 Å². The molecule has 0 spiro atoms. The topological polar surface area (TPSA) is 62.8 Å². The Hall–Kier alpha value is -0.690. The standard InChI is InChI=1S/C15H29N3O3/c1-15(2,18-7-9-20-10-8-18)12-17-14(19)11-21-13-3-5-16-6-4-13/h13,16H,3-12H2,1-2H3,(H,17,19). The summed E-state index contributed by atoms with van der Waals surface area (Å²) in [6.45, 7) is 10.5. The fourth-order valence-electron chi connectivity index (χ4n) is 2.80. The van der Waals surface area contributed by atoms with Crippen LogP contribution in [0.3, 0.4) is 0 Å². The van der Waals surface area contributed by atoms with Crippen LogP contribution in [0.5, 0.6) is 0 Å². The van der Waals surface area contributed by atoms with Crippen molar-refractivity contribution in [1.82, 2.24) is 15.5 Å². The zero-order valence-corrected chi connectivity index (χ0v) is 13.3. The van der Waals surface area contributed by atoms with Crippen molar-refractivity contribution in [2.24, 2.45) is 0 Å². The number of rotatable bonds is 6. The van der Waals surface area contributed by atoms with Gasteiger partial charge < -0.3 is 20.1 Å². The van der Waals surface area contributed by atoms with Crippen molar-refractivity contribution >= 4 is 5.91 Å². The van der Waals surface area contributed by atoms with E-state index in [0.29, 0.717) is 6.54 Å². The molecule has 2 saturated heterocycles. The lowest BCUT2D eigenvalue weighted by molar-refractivity contribution is -0.129. The fourth-order valence-corrected chi connectivity index (χ4v) is 2.80. The maximum atomic E-state index is 11.9. The van der Waals surface area contributed by atoms with Crippen molar-refractivity contribution in [3.8, 4) is 0 Å². The number of hydrogen-bond donors (Lipinski definition) is 2. The molecule has 0 aromatic heterocycles. The molecule has 0 unspecified atom stereocenters. The number of piperidine rings is 1. The van der Waals surface area contributed by atoms with Gasteiger partial charge in [0.1, 0.15) is 6.61 Å². The summed E-state index contributed by atoms with van der Waals surface area (Å²) in [6, 6.07) is 0. The summed E-state index contributed by atoms with van der Waals surface area (Å²) in [4.78, 5) is 14.3. The maximum Gasteiger partial charge on any atom is 0.246 e. The van der Waals surface area contributed by atoms with E-state index in [2.05, 4.69) is 29.4 Å². The van der Waals surface area contributed by atoms with Gasteiger partial charge in [0, 0.05) is 25.2 Å². The van der Waals surface area contributed by atoms with Gasteiger partial charge in [-0.25, -0.2) is 0 Å². The van der Waals surface area contributed by atoms with Gasteiger partial charge in [-0.1, -0.05) is 0 Å². The fraction of sp³-hybridized carbons (Fsp3) is 0.933. The van der Waals surface area contributed by atoms with Crippen LogP contribution in [-0.4, -0.2) is 75.0 Å². The molecule has 0 aromatic carbocycles. The Balaban J connectivity index is 1.64. The van der Waals surface area contributed by atoms with Crippen LogP contribution in [-0.2, 0) is 14.3 Å². The van der Waals surface area contributed by atoms with Crippen LogP contribution >= 0.6 is 0 Å². The first-order valence-corrected chi connectivity index (χ1v) is 8.00. The molecule has 2 fully saturated rings. The second kappa shape index (κ2) is 8.08. The van der Waals surface area contributed by atoms with Gasteiger partial charge in [-0.2, -0.15) is 0 Å². The molecule has 2 heterocycles. The van der Waals surface area contributed by atoms with E-state index in [4.69, 9.17) is 9.47 Å². The van der Waals surface area contributed by atoms with E-state index >= 15 is 0 Å². The molecule has 0 aliphatic carbocycles. The molecular formula is C15H29N3O3. The monoisotopic (exact) mass is 299 g/mol. The molecular weight excluding hydrogens is 270 g/mol. The molecule has 2 aliphatic rings. The van der Waals surface area contributed by atoms with Gasteiger partial charge in [-0.05, 0) is 39.8 Å². The number of carbonyl (C=O) groups is 1. The second-order valence-electron chi connectivity index (χ2n) is 6.45. The Labute approximate surface area is 127 Å². The number of hydrogen-bond acceptors (Lipinski definition) is 5. The Morgan fingerprint density at radius 1 is 1.33 bits per heavy atom. The number of nitrogens with zero attached hydrogens (tertiary/aromatic N) is 1. The quantitative estimate of drug-likeness (QED) is 0.722.